The smallest absolute Gasteiger partial charge is 0.208 e. The second-order valence-electron chi connectivity index (χ2n) is 3.04. The highest BCUT2D eigenvalue weighted by molar-refractivity contribution is 7.88. The summed E-state index contributed by atoms with van der Waals surface area (Å²) in [6, 6.07) is 1.75. The van der Waals surface area contributed by atoms with E-state index in [0.29, 0.717) is 19.5 Å². The van der Waals surface area contributed by atoms with Crippen LogP contribution in [0.3, 0.4) is 0 Å². The van der Waals surface area contributed by atoms with Crippen molar-refractivity contribution in [3.8, 4) is 0 Å². The molecule has 0 aliphatic rings. The molecular weight excluding hydrogens is 216 g/mol. The van der Waals surface area contributed by atoms with Gasteiger partial charge in [-0.15, -0.1) is 0 Å². The lowest BCUT2D eigenvalue weighted by molar-refractivity contribution is 0.586. The maximum Gasteiger partial charge on any atom is 0.208 e. The van der Waals surface area contributed by atoms with E-state index in [9.17, 15) is 8.42 Å². The van der Waals surface area contributed by atoms with Crippen LogP contribution in [0.1, 0.15) is 6.42 Å². The zero-order chi connectivity index (χ0) is 11.1. The minimum absolute atomic E-state index is 0.427. The topological polar surface area (TPSA) is 84.0 Å². The largest absolute Gasteiger partial charge is 0.370 e. The van der Waals surface area contributed by atoms with E-state index in [4.69, 9.17) is 0 Å². The molecule has 0 aliphatic carbocycles. The molecule has 1 heterocycles. The third kappa shape index (κ3) is 5.97. The molecule has 1 aromatic rings. The molecule has 6 nitrogen and oxygen atoms in total. The van der Waals surface area contributed by atoms with Gasteiger partial charge in [-0.25, -0.2) is 23.1 Å². The fourth-order valence-corrected chi connectivity index (χ4v) is 1.47. The van der Waals surface area contributed by atoms with Gasteiger partial charge in [0.25, 0.3) is 0 Å². The van der Waals surface area contributed by atoms with Crippen molar-refractivity contribution in [2.45, 2.75) is 6.42 Å². The number of rotatable bonds is 6. The summed E-state index contributed by atoms with van der Waals surface area (Å²) in [5, 5.41) is 3.04. The van der Waals surface area contributed by atoms with E-state index in [2.05, 4.69) is 20.0 Å². The quantitative estimate of drug-likeness (QED) is 0.663. The predicted molar refractivity (Wildman–Crippen MR) is 58.0 cm³/mol. The molecule has 0 radical (unpaired) electrons. The third-order valence-corrected chi connectivity index (χ3v) is 2.33. The van der Waals surface area contributed by atoms with Crippen molar-refractivity contribution in [3.05, 3.63) is 18.6 Å². The molecule has 1 rings (SSSR count). The maximum atomic E-state index is 10.7. The first-order valence-electron chi connectivity index (χ1n) is 4.52. The van der Waals surface area contributed by atoms with E-state index in [1.807, 2.05) is 0 Å². The number of sulfonamides is 1. The van der Waals surface area contributed by atoms with E-state index in [0.717, 1.165) is 12.1 Å². The Morgan fingerprint density at radius 3 is 2.80 bits per heavy atom. The summed E-state index contributed by atoms with van der Waals surface area (Å²) in [4.78, 5) is 7.74. The molecular formula is C8H14N4O2S. The Morgan fingerprint density at radius 1 is 1.40 bits per heavy atom. The van der Waals surface area contributed by atoms with Gasteiger partial charge < -0.3 is 5.32 Å². The summed E-state index contributed by atoms with van der Waals surface area (Å²) in [5.41, 5.74) is 0. The van der Waals surface area contributed by atoms with Gasteiger partial charge in [-0.1, -0.05) is 0 Å². The number of hydrogen-bond donors (Lipinski definition) is 2. The highest BCUT2D eigenvalue weighted by atomic mass is 32.2. The molecule has 84 valence electrons. The van der Waals surface area contributed by atoms with Gasteiger partial charge in [0.15, 0.2) is 0 Å². The number of anilines is 1. The summed E-state index contributed by atoms with van der Waals surface area (Å²) in [6.07, 6.45) is 4.95. The molecule has 0 unspecified atom stereocenters. The molecule has 0 fully saturated rings. The molecule has 0 saturated heterocycles. The Labute approximate surface area is 89.2 Å². The SMILES string of the molecule is CS(=O)(=O)NCCCNc1ccncn1. The summed E-state index contributed by atoms with van der Waals surface area (Å²) in [7, 11) is -3.07. The Morgan fingerprint density at radius 2 is 2.20 bits per heavy atom. The van der Waals surface area contributed by atoms with Gasteiger partial charge in [-0.2, -0.15) is 0 Å². The number of hydrogen-bond acceptors (Lipinski definition) is 5. The zero-order valence-corrected chi connectivity index (χ0v) is 9.29. The zero-order valence-electron chi connectivity index (χ0n) is 8.47. The number of nitrogens with one attached hydrogen (secondary N) is 2. The normalized spacial score (nSPS) is 11.3. The Hall–Kier alpha value is -1.21. The monoisotopic (exact) mass is 230 g/mol. The molecule has 0 atom stereocenters. The summed E-state index contributed by atoms with van der Waals surface area (Å²) >= 11 is 0. The van der Waals surface area contributed by atoms with Crippen LogP contribution in [0.5, 0.6) is 0 Å². The molecule has 2 N–H and O–H groups in total. The van der Waals surface area contributed by atoms with Crippen LogP contribution in [0, 0.1) is 0 Å². The fourth-order valence-electron chi connectivity index (χ4n) is 0.958. The lowest BCUT2D eigenvalue weighted by Crippen LogP contribution is -2.24. The molecule has 0 saturated carbocycles. The summed E-state index contributed by atoms with van der Waals surface area (Å²) in [6.45, 7) is 1.09. The van der Waals surface area contributed by atoms with E-state index in [1.54, 1.807) is 12.3 Å². The molecule has 0 bridgehead atoms. The predicted octanol–water partition coefficient (Wildman–Crippen LogP) is -0.172. The number of nitrogens with zero attached hydrogens (tertiary/aromatic N) is 2. The van der Waals surface area contributed by atoms with E-state index < -0.39 is 10.0 Å². The Kier molecular flexibility index (Phi) is 4.44. The van der Waals surface area contributed by atoms with Crippen LogP contribution in [0.25, 0.3) is 0 Å². The average Bonchev–Trinajstić information content (AvgIpc) is 2.17. The molecule has 15 heavy (non-hydrogen) atoms. The van der Waals surface area contributed by atoms with Gasteiger partial charge in [0, 0.05) is 19.3 Å². The van der Waals surface area contributed by atoms with Gasteiger partial charge >= 0.3 is 0 Å². The Bertz CT molecular complexity index is 379. The molecule has 1 aromatic heterocycles. The first kappa shape index (κ1) is 11.9. The van der Waals surface area contributed by atoms with E-state index in [-0.39, 0.29) is 0 Å². The lowest BCUT2D eigenvalue weighted by atomic mass is 10.4. The van der Waals surface area contributed by atoms with Crippen molar-refractivity contribution in [2.75, 3.05) is 24.7 Å². The first-order chi connectivity index (χ1) is 7.08. The van der Waals surface area contributed by atoms with Gasteiger partial charge in [-0.05, 0) is 12.5 Å². The average molecular weight is 230 g/mol. The summed E-state index contributed by atoms with van der Waals surface area (Å²) < 4.78 is 23.8. The molecule has 0 aromatic carbocycles. The summed E-state index contributed by atoms with van der Waals surface area (Å²) in [5.74, 6) is 0.740. The second kappa shape index (κ2) is 5.62. The van der Waals surface area contributed by atoms with Gasteiger partial charge in [0.05, 0.1) is 6.26 Å². The fraction of sp³-hybridized carbons (Fsp3) is 0.500. The molecule has 0 amide bonds. The van der Waals surface area contributed by atoms with Crippen LogP contribution >= 0.6 is 0 Å². The lowest BCUT2D eigenvalue weighted by Gasteiger charge is -2.04. The highest BCUT2D eigenvalue weighted by Crippen LogP contribution is 1.97. The van der Waals surface area contributed by atoms with Crippen molar-refractivity contribution in [1.29, 1.82) is 0 Å². The highest BCUT2D eigenvalue weighted by Gasteiger charge is 1.98. The van der Waals surface area contributed by atoms with Gasteiger partial charge in [-0.3, -0.25) is 0 Å². The first-order valence-corrected chi connectivity index (χ1v) is 6.41. The van der Waals surface area contributed by atoms with Gasteiger partial charge in [0.2, 0.25) is 10.0 Å². The van der Waals surface area contributed by atoms with Crippen molar-refractivity contribution in [3.63, 3.8) is 0 Å². The van der Waals surface area contributed by atoms with Crippen LogP contribution < -0.4 is 10.0 Å². The van der Waals surface area contributed by atoms with E-state index >= 15 is 0 Å². The minimum atomic E-state index is -3.07. The standard InChI is InChI=1S/C8H14N4O2S/c1-15(13,14)12-5-2-4-10-8-3-6-9-7-11-8/h3,6-7,12H,2,4-5H2,1H3,(H,9,10,11). The molecule has 0 spiro atoms. The van der Waals surface area contributed by atoms with Crippen LogP contribution in [-0.4, -0.2) is 37.7 Å². The van der Waals surface area contributed by atoms with Crippen molar-refractivity contribution in [2.24, 2.45) is 0 Å². The Balaban J connectivity index is 2.13. The van der Waals surface area contributed by atoms with Crippen LogP contribution in [-0.2, 0) is 10.0 Å². The second-order valence-corrected chi connectivity index (χ2v) is 4.87. The third-order valence-electron chi connectivity index (χ3n) is 1.61. The maximum absolute atomic E-state index is 10.7. The van der Waals surface area contributed by atoms with Crippen LogP contribution in [0.15, 0.2) is 18.6 Å². The number of aromatic nitrogens is 2. The van der Waals surface area contributed by atoms with Gasteiger partial charge in [0.1, 0.15) is 12.1 Å². The van der Waals surface area contributed by atoms with E-state index in [1.165, 1.54) is 6.33 Å². The molecule has 7 heteroatoms. The molecule has 0 aliphatic heterocycles. The van der Waals surface area contributed by atoms with Crippen LogP contribution in [0.2, 0.25) is 0 Å². The van der Waals surface area contributed by atoms with Crippen molar-refractivity contribution >= 4 is 15.8 Å². The van der Waals surface area contributed by atoms with Crippen LogP contribution in [0.4, 0.5) is 5.82 Å². The van der Waals surface area contributed by atoms with Crippen molar-refractivity contribution in [1.82, 2.24) is 14.7 Å². The minimum Gasteiger partial charge on any atom is -0.370 e. The van der Waals surface area contributed by atoms with Crippen molar-refractivity contribution < 1.29 is 8.42 Å².